The maximum atomic E-state index is 2.71. The van der Waals surface area contributed by atoms with E-state index in [0.717, 1.165) is 23.9 Å². The van der Waals surface area contributed by atoms with E-state index in [-0.39, 0.29) is 0 Å². The standard InChI is InChI=1S/C12H23N/c1-6-10-11-9(12(11,4)5)7-13(10)8(2)3/h8-11H,6-7H2,1-5H3/t9-,10+,11-/m0/s1. The molecule has 1 saturated heterocycles. The van der Waals surface area contributed by atoms with Gasteiger partial charge in [-0.1, -0.05) is 20.8 Å². The summed E-state index contributed by atoms with van der Waals surface area (Å²) in [4.78, 5) is 2.71. The molecule has 1 nitrogen and oxygen atoms in total. The molecule has 0 spiro atoms. The van der Waals surface area contributed by atoms with E-state index in [1.807, 2.05) is 0 Å². The summed E-state index contributed by atoms with van der Waals surface area (Å²) in [6, 6.07) is 1.62. The van der Waals surface area contributed by atoms with Crippen LogP contribution in [0.25, 0.3) is 0 Å². The molecule has 76 valence electrons. The zero-order valence-corrected chi connectivity index (χ0v) is 9.67. The molecule has 1 saturated carbocycles. The average molecular weight is 181 g/mol. The van der Waals surface area contributed by atoms with Gasteiger partial charge >= 0.3 is 0 Å². The van der Waals surface area contributed by atoms with Crippen molar-refractivity contribution in [3.63, 3.8) is 0 Å². The van der Waals surface area contributed by atoms with E-state index in [1.54, 1.807) is 0 Å². The number of rotatable bonds is 2. The molecule has 1 aliphatic heterocycles. The fourth-order valence-corrected chi connectivity index (χ4v) is 3.55. The van der Waals surface area contributed by atoms with Gasteiger partial charge in [0.1, 0.15) is 0 Å². The predicted octanol–water partition coefficient (Wildman–Crippen LogP) is 2.76. The van der Waals surface area contributed by atoms with Gasteiger partial charge in [-0.3, -0.25) is 4.90 Å². The number of piperidine rings is 1. The molecule has 0 aromatic heterocycles. The maximum absolute atomic E-state index is 2.71. The topological polar surface area (TPSA) is 3.24 Å². The molecule has 0 unspecified atom stereocenters. The first-order valence-corrected chi connectivity index (χ1v) is 5.75. The van der Waals surface area contributed by atoms with E-state index in [4.69, 9.17) is 0 Å². The van der Waals surface area contributed by atoms with Crippen molar-refractivity contribution < 1.29 is 0 Å². The summed E-state index contributed by atoms with van der Waals surface area (Å²) in [5, 5.41) is 0. The molecule has 1 aliphatic carbocycles. The van der Waals surface area contributed by atoms with Crippen molar-refractivity contribution in [3.05, 3.63) is 0 Å². The first-order chi connectivity index (χ1) is 6.00. The highest BCUT2D eigenvalue weighted by atomic mass is 15.2. The summed E-state index contributed by atoms with van der Waals surface area (Å²) >= 11 is 0. The first kappa shape index (κ1) is 9.51. The zero-order chi connectivity index (χ0) is 9.80. The Labute approximate surface area is 82.5 Å². The van der Waals surface area contributed by atoms with Crippen molar-refractivity contribution in [3.8, 4) is 0 Å². The van der Waals surface area contributed by atoms with E-state index in [1.165, 1.54) is 13.0 Å². The Balaban J connectivity index is 2.09. The van der Waals surface area contributed by atoms with Crippen LogP contribution < -0.4 is 0 Å². The Morgan fingerprint density at radius 1 is 1.38 bits per heavy atom. The Hall–Kier alpha value is -0.0400. The summed E-state index contributed by atoms with van der Waals surface area (Å²) in [7, 11) is 0. The number of nitrogens with zero attached hydrogens (tertiary/aromatic N) is 1. The van der Waals surface area contributed by atoms with Crippen LogP contribution in [0.1, 0.15) is 41.0 Å². The molecular weight excluding hydrogens is 158 g/mol. The SMILES string of the molecule is CC[C@@H]1[C@@H]2[C@H](CN1C(C)C)C2(C)C. The van der Waals surface area contributed by atoms with Gasteiger partial charge in [0.2, 0.25) is 0 Å². The molecule has 2 rings (SSSR count). The molecule has 2 aliphatic rings. The van der Waals surface area contributed by atoms with Crippen LogP contribution in [0.15, 0.2) is 0 Å². The molecule has 0 radical (unpaired) electrons. The quantitative estimate of drug-likeness (QED) is 0.633. The summed E-state index contributed by atoms with van der Waals surface area (Å²) in [5.41, 5.74) is 0.659. The average Bonchev–Trinajstić information content (AvgIpc) is 2.48. The second-order valence-electron chi connectivity index (χ2n) is 5.72. The molecule has 1 heterocycles. The minimum Gasteiger partial charge on any atom is -0.297 e. The van der Waals surface area contributed by atoms with Crippen LogP contribution in [0.2, 0.25) is 0 Å². The van der Waals surface area contributed by atoms with Crippen molar-refractivity contribution in [2.24, 2.45) is 17.3 Å². The van der Waals surface area contributed by atoms with Gasteiger partial charge < -0.3 is 0 Å². The first-order valence-electron chi connectivity index (χ1n) is 5.75. The Kier molecular flexibility index (Phi) is 1.99. The Morgan fingerprint density at radius 3 is 2.46 bits per heavy atom. The fourth-order valence-electron chi connectivity index (χ4n) is 3.55. The van der Waals surface area contributed by atoms with E-state index >= 15 is 0 Å². The lowest BCUT2D eigenvalue weighted by molar-refractivity contribution is 0.141. The van der Waals surface area contributed by atoms with Gasteiger partial charge in [0.05, 0.1) is 0 Å². The minimum absolute atomic E-state index is 0.659. The smallest absolute Gasteiger partial charge is 0.0132 e. The molecule has 0 bridgehead atoms. The maximum Gasteiger partial charge on any atom is 0.0132 e. The lowest BCUT2D eigenvalue weighted by Crippen LogP contribution is -2.40. The number of hydrogen-bond acceptors (Lipinski definition) is 1. The molecule has 13 heavy (non-hydrogen) atoms. The van der Waals surface area contributed by atoms with E-state index in [9.17, 15) is 0 Å². The molecule has 0 aromatic carbocycles. The van der Waals surface area contributed by atoms with Gasteiger partial charge in [-0.05, 0) is 37.5 Å². The van der Waals surface area contributed by atoms with Crippen molar-refractivity contribution in [1.82, 2.24) is 4.90 Å². The van der Waals surface area contributed by atoms with Crippen LogP contribution in [0.3, 0.4) is 0 Å². The van der Waals surface area contributed by atoms with Crippen LogP contribution >= 0.6 is 0 Å². The summed E-state index contributed by atoms with van der Waals surface area (Å²) in [5.74, 6) is 2.00. The fraction of sp³-hybridized carbons (Fsp3) is 1.00. The van der Waals surface area contributed by atoms with Gasteiger partial charge in [0, 0.05) is 18.6 Å². The van der Waals surface area contributed by atoms with Crippen LogP contribution in [0, 0.1) is 17.3 Å². The highest BCUT2D eigenvalue weighted by Gasteiger charge is 2.65. The third kappa shape index (κ3) is 1.16. The second kappa shape index (κ2) is 2.73. The zero-order valence-electron chi connectivity index (χ0n) is 9.67. The number of likely N-dealkylation sites (tertiary alicyclic amines) is 1. The number of fused-ring (bicyclic) bond motifs is 1. The molecule has 0 aromatic rings. The van der Waals surface area contributed by atoms with E-state index in [0.29, 0.717) is 5.41 Å². The molecule has 2 fully saturated rings. The molecule has 0 N–H and O–H groups in total. The van der Waals surface area contributed by atoms with Crippen LogP contribution in [-0.4, -0.2) is 23.5 Å². The summed E-state index contributed by atoms with van der Waals surface area (Å²) in [6.07, 6.45) is 1.34. The monoisotopic (exact) mass is 181 g/mol. The lowest BCUT2D eigenvalue weighted by Gasteiger charge is -2.33. The van der Waals surface area contributed by atoms with Gasteiger partial charge in [0.15, 0.2) is 0 Å². The van der Waals surface area contributed by atoms with Crippen LogP contribution in [-0.2, 0) is 0 Å². The van der Waals surface area contributed by atoms with Crippen molar-refractivity contribution in [2.45, 2.75) is 53.1 Å². The van der Waals surface area contributed by atoms with Gasteiger partial charge in [-0.25, -0.2) is 0 Å². The summed E-state index contributed by atoms with van der Waals surface area (Å²) < 4.78 is 0. The van der Waals surface area contributed by atoms with E-state index < -0.39 is 0 Å². The molecule has 0 amide bonds. The van der Waals surface area contributed by atoms with E-state index in [2.05, 4.69) is 39.5 Å². The van der Waals surface area contributed by atoms with Crippen molar-refractivity contribution in [1.29, 1.82) is 0 Å². The van der Waals surface area contributed by atoms with Crippen molar-refractivity contribution in [2.75, 3.05) is 6.54 Å². The Morgan fingerprint density at radius 2 is 2.00 bits per heavy atom. The minimum atomic E-state index is 0.659. The van der Waals surface area contributed by atoms with Crippen molar-refractivity contribution >= 4 is 0 Å². The third-order valence-corrected chi connectivity index (χ3v) is 4.47. The number of hydrogen-bond donors (Lipinski definition) is 0. The normalized spacial score (nSPS) is 42.5. The highest BCUT2D eigenvalue weighted by Crippen LogP contribution is 2.65. The largest absolute Gasteiger partial charge is 0.297 e. The van der Waals surface area contributed by atoms with Crippen LogP contribution in [0.4, 0.5) is 0 Å². The lowest BCUT2D eigenvalue weighted by atomic mass is 9.98. The molecular formula is C12H23N. The Bertz CT molecular complexity index is 205. The van der Waals surface area contributed by atoms with Crippen LogP contribution in [0.5, 0.6) is 0 Å². The molecule has 1 heteroatoms. The summed E-state index contributed by atoms with van der Waals surface area (Å²) in [6.45, 7) is 13.3. The second-order valence-corrected chi connectivity index (χ2v) is 5.72. The molecule has 3 atom stereocenters. The third-order valence-electron chi connectivity index (χ3n) is 4.47. The van der Waals surface area contributed by atoms with Gasteiger partial charge in [0.25, 0.3) is 0 Å². The highest BCUT2D eigenvalue weighted by molar-refractivity contribution is 5.16. The van der Waals surface area contributed by atoms with Gasteiger partial charge in [-0.2, -0.15) is 0 Å². The van der Waals surface area contributed by atoms with Gasteiger partial charge in [-0.15, -0.1) is 0 Å². The predicted molar refractivity (Wildman–Crippen MR) is 56.7 cm³/mol.